The van der Waals surface area contributed by atoms with E-state index in [-0.39, 0.29) is 23.5 Å². The molecule has 0 spiro atoms. The number of benzene rings is 1. The van der Waals surface area contributed by atoms with Crippen molar-refractivity contribution in [3.63, 3.8) is 0 Å². The van der Waals surface area contributed by atoms with Gasteiger partial charge in [0.15, 0.2) is 0 Å². The smallest absolute Gasteiger partial charge is 0.230 e. The van der Waals surface area contributed by atoms with Crippen LogP contribution in [-0.2, 0) is 4.79 Å². The summed E-state index contributed by atoms with van der Waals surface area (Å²) in [6.07, 6.45) is 5.70. The Labute approximate surface area is 138 Å². The van der Waals surface area contributed by atoms with E-state index in [2.05, 4.69) is 5.32 Å². The Kier molecular flexibility index (Phi) is 4.62. The number of hydrogen-bond donors (Lipinski definition) is 2. The van der Waals surface area contributed by atoms with Crippen LogP contribution in [0.2, 0.25) is 0 Å². The van der Waals surface area contributed by atoms with Gasteiger partial charge in [0.1, 0.15) is 11.9 Å². The van der Waals surface area contributed by atoms with Crippen molar-refractivity contribution in [3.05, 3.63) is 24.3 Å². The molecule has 1 aromatic carbocycles. The van der Waals surface area contributed by atoms with Gasteiger partial charge in [-0.3, -0.25) is 4.79 Å². The molecular formula is C19H27NO3. The van der Waals surface area contributed by atoms with Crippen molar-refractivity contribution in [1.29, 1.82) is 0 Å². The lowest BCUT2D eigenvalue weighted by Crippen LogP contribution is -2.34. The van der Waals surface area contributed by atoms with Crippen LogP contribution < -0.4 is 10.1 Å². The average Bonchev–Trinajstić information content (AvgIpc) is 3.36. The molecule has 0 aliphatic heterocycles. The molecule has 0 aromatic heterocycles. The molecule has 2 atom stereocenters. The molecule has 3 rings (SSSR count). The molecule has 4 heteroatoms. The second-order valence-electron chi connectivity index (χ2n) is 7.48. The normalized spacial score (nSPS) is 25.0. The number of anilines is 1. The standard InChI is InChI=1S/C19H27NO3/c1-19(2,13-7-8-13)18(22)20-14-9-11-15(12-10-14)23-17-6-4-3-5-16(17)21/h9-13,16-17,21H,3-8H2,1-2H3,(H,20,22)/t16-,17-/m1/s1. The summed E-state index contributed by atoms with van der Waals surface area (Å²) < 4.78 is 5.88. The highest BCUT2D eigenvalue weighted by Crippen LogP contribution is 2.45. The van der Waals surface area contributed by atoms with Gasteiger partial charge in [-0.15, -0.1) is 0 Å². The van der Waals surface area contributed by atoms with Gasteiger partial charge in [-0.1, -0.05) is 20.3 Å². The summed E-state index contributed by atoms with van der Waals surface area (Å²) in [6, 6.07) is 7.46. The number of ether oxygens (including phenoxy) is 1. The Bertz CT molecular complexity index is 548. The van der Waals surface area contributed by atoms with Crippen LogP contribution in [0.1, 0.15) is 52.4 Å². The molecule has 1 amide bonds. The summed E-state index contributed by atoms with van der Waals surface area (Å²) >= 11 is 0. The van der Waals surface area contributed by atoms with Crippen molar-refractivity contribution in [3.8, 4) is 5.75 Å². The topological polar surface area (TPSA) is 58.6 Å². The molecule has 0 bridgehead atoms. The van der Waals surface area contributed by atoms with E-state index < -0.39 is 0 Å². The number of aliphatic hydroxyl groups is 1. The van der Waals surface area contributed by atoms with E-state index in [0.29, 0.717) is 5.92 Å². The lowest BCUT2D eigenvalue weighted by atomic mass is 9.86. The summed E-state index contributed by atoms with van der Waals surface area (Å²) in [4.78, 5) is 12.4. The quantitative estimate of drug-likeness (QED) is 0.869. The summed E-state index contributed by atoms with van der Waals surface area (Å²) in [6.45, 7) is 4.03. The fourth-order valence-corrected chi connectivity index (χ4v) is 3.29. The zero-order valence-corrected chi connectivity index (χ0v) is 14.0. The van der Waals surface area contributed by atoms with Gasteiger partial charge in [0.05, 0.1) is 6.10 Å². The number of carbonyl (C=O) groups is 1. The minimum absolute atomic E-state index is 0.0800. The van der Waals surface area contributed by atoms with E-state index in [1.165, 1.54) is 0 Å². The molecule has 2 N–H and O–H groups in total. The van der Waals surface area contributed by atoms with Gasteiger partial charge < -0.3 is 15.2 Å². The summed E-state index contributed by atoms with van der Waals surface area (Å²) in [5.74, 6) is 1.34. The second kappa shape index (κ2) is 6.52. The maximum Gasteiger partial charge on any atom is 0.230 e. The van der Waals surface area contributed by atoms with Gasteiger partial charge in [0.2, 0.25) is 5.91 Å². The Morgan fingerprint density at radius 2 is 1.78 bits per heavy atom. The van der Waals surface area contributed by atoms with Gasteiger partial charge in [0.25, 0.3) is 0 Å². The summed E-state index contributed by atoms with van der Waals surface area (Å²) in [5.41, 5.74) is 0.488. The maximum absolute atomic E-state index is 12.4. The van der Waals surface area contributed by atoms with Crippen LogP contribution in [0.4, 0.5) is 5.69 Å². The number of amides is 1. The van der Waals surface area contributed by atoms with Crippen LogP contribution >= 0.6 is 0 Å². The SMILES string of the molecule is CC(C)(C(=O)Nc1ccc(O[C@@H]2CCCC[C@H]2O)cc1)C1CC1. The molecule has 0 heterocycles. The Hall–Kier alpha value is -1.55. The predicted molar refractivity (Wildman–Crippen MR) is 90.5 cm³/mol. The number of carbonyl (C=O) groups excluding carboxylic acids is 1. The number of aliphatic hydroxyl groups excluding tert-OH is 1. The van der Waals surface area contributed by atoms with E-state index in [9.17, 15) is 9.90 Å². The molecule has 0 radical (unpaired) electrons. The minimum atomic E-state index is -0.373. The highest BCUT2D eigenvalue weighted by atomic mass is 16.5. The van der Waals surface area contributed by atoms with Gasteiger partial charge >= 0.3 is 0 Å². The third-order valence-electron chi connectivity index (χ3n) is 5.25. The van der Waals surface area contributed by atoms with Crippen molar-refractivity contribution < 1.29 is 14.6 Å². The molecule has 0 saturated heterocycles. The van der Waals surface area contributed by atoms with Crippen molar-refractivity contribution in [2.24, 2.45) is 11.3 Å². The lowest BCUT2D eigenvalue weighted by molar-refractivity contribution is -0.124. The summed E-state index contributed by atoms with van der Waals surface area (Å²) in [5, 5.41) is 13.0. The van der Waals surface area contributed by atoms with Crippen LogP contribution in [0, 0.1) is 11.3 Å². The monoisotopic (exact) mass is 317 g/mol. The summed E-state index contributed by atoms with van der Waals surface area (Å²) in [7, 11) is 0. The first-order chi connectivity index (χ1) is 11.0. The number of nitrogens with one attached hydrogen (secondary N) is 1. The van der Waals surface area contributed by atoms with Crippen molar-refractivity contribution >= 4 is 11.6 Å². The van der Waals surface area contributed by atoms with E-state index >= 15 is 0 Å². The van der Waals surface area contributed by atoms with E-state index in [1.54, 1.807) is 0 Å². The third-order valence-corrected chi connectivity index (χ3v) is 5.25. The number of rotatable bonds is 5. The molecule has 2 saturated carbocycles. The highest BCUT2D eigenvalue weighted by Gasteiger charge is 2.43. The Morgan fingerprint density at radius 3 is 2.39 bits per heavy atom. The van der Waals surface area contributed by atoms with Gasteiger partial charge in [0, 0.05) is 11.1 Å². The predicted octanol–water partition coefficient (Wildman–Crippen LogP) is 3.74. The fraction of sp³-hybridized carbons (Fsp3) is 0.632. The van der Waals surface area contributed by atoms with Crippen molar-refractivity contribution in [2.45, 2.75) is 64.6 Å². The van der Waals surface area contributed by atoms with Crippen molar-refractivity contribution in [1.82, 2.24) is 0 Å². The molecule has 23 heavy (non-hydrogen) atoms. The molecular weight excluding hydrogens is 290 g/mol. The number of hydrogen-bond acceptors (Lipinski definition) is 3. The zero-order valence-electron chi connectivity index (χ0n) is 14.0. The van der Waals surface area contributed by atoms with Crippen LogP contribution in [0.25, 0.3) is 0 Å². The molecule has 2 fully saturated rings. The molecule has 2 aliphatic carbocycles. The van der Waals surface area contributed by atoms with E-state index in [0.717, 1.165) is 50.0 Å². The van der Waals surface area contributed by atoms with E-state index in [4.69, 9.17) is 4.74 Å². The molecule has 2 aliphatic rings. The molecule has 4 nitrogen and oxygen atoms in total. The second-order valence-corrected chi connectivity index (χ2v) is 7.48. The van der Waals surface area contributed by atoms with Gasteiger partial charge in [-0.2, -0.15) is 0 Å². The third kappa shape index (κ3) is 3.86. The first-order valence-corrected chi connectivity index (χ1v) is 8.73. The minimum Gasteiger partial charge on any atom is -0.488 e. The molecule has 126 valence electrons. The van der Waals surface area contributed by atoms with Crippen LogP contribution in [-0.4, -0.2) is 23.2 Å². The molecule has 0 unspecified atom stereocenters. The Balaban J connectivity index is 1.57. The van der Waals surface area contributed by atoms with E-state index in [1.807, 2.05) is 38.1 Å². The first kappa shape index (κ1) is 16.3. The average molecular weight is 317 g/mol. The van der Waals surface area contributed by atoms with Crippen molar-refractivity contribution in [2.75, 3.05) is 5.32 Å². The molecule has 1 aromatic rings. The zero-order chi connectivity index (χ0) is 16.4. The highest BCUT2D eigenvalue weighted by molar-refractivity contribution is 5.95. The van der Waals surface area contributed by atoms with Gasteiger partial charge in [-0.05, 0) is 62.3 Å². The van der Waals surface area contributed by atoms with Crippen LogP contribution in [0.3, 0.4) is 0 Å². The fourth-order valence-electron chi connectivity index (χ4n) is 3.29. The van der Waals surface area contributed by atoms with Gasteiger partial charge in [-0.25, -0.2) is 0 Å². The largest absolute Gasteiger partial charge is 0.488 e. The Morgan fingerprint density at radius 1 is 1.13 bits per heavy atom. The van der Waals surface area contributed by atoms with Crippen LogP contribution in [0.5, 0.6) is 5.75 Å². The lowest BCUT2D eigenvalue weighted by Gasteiger charge is -2.28. The van der Waals surface area contributed by atoms with Crippen LogP contribution in [0.15, 0.2) is 24.3 Å². The first-order valence-electron chi connectivity index (χ1n) is 8.73. The maximum atomic E-state index is 12.4.